The van der Waals surface area contributed by atoms with Gasteiger partial charge in [-0.2, -0.15) is 4.57 Å². The summed E-state index contributed by atoms with van der Waals surface area (Å²) in [6.45, 7) is 8.04. The van der Waals surface area contributed by atoms with E-state index >= 15 is 0 Å². The first-order valence-electron chi connectivity index (χ1n) is 4.25. The van der Waals surface area contributed by atoms with Crippen LogP contribution in [-0.2, 0) is 6.54 Å². The van der Waals surface area contributed by atoms with Gasteiger partial charge < -0.3 is 12.4 Å². The molecule has 1 aromatic heterocycles. The summed E-state index contributed by atoms with van der Waals surface area (Å²) >= 11 is 0. The number of hydrogen-bond acceptors (Lipinski definition) is 1. The molecule has 1 aromatic rings. The fourth-order valence-corrected chi connectivity index (χ4v) is 1.22. The summed E-state index contributed by atoms with van der Waals surface area (Å²) < 4.78 is 1.91. The topological polar surface area (TPSA) is 20.9 Å². The molecule has 14 heavy (non-hydrogen) atoms. The maximum absolute atomic E-state index is 11.2. The Morgan fingerprint density at radius 3 is 2.57 bits per heavy atom. The third-order valence-electron chi connectivity index (χ3n) is 1.74. The van der Waals surface area contributed by atoms with Crippen LogP contribution in [-0.4, -0.2) is 5.78 Å². The van der Waals surface area contributed by atoms with E-state index in [9.17, 15) is 4.79 Å². The summed E-state index contributed by atoms with van der Waals surface area (Å²) in [5.41, 5.74) is 1.77. The minimum absolute atomic E-state index is 0. The molecular weight excluding hydrogens is 198 g/mol. The molecule has 1 heterocycles. The Kier molecular flexibility index (Phi) is 5.10. The lowest BCUT2D eigenvalue weighted by molar-refractivity contribution is -0.690. The summed E-state index contributed by atoms with van der Waals surface area (Å²) in [7, 11) is 0. The number of rotatable bonds is 3. The second-order valence-corrected chi connectivity index (χ2v) is 3.23. The SMILES string of the molecule is C=C(C)C[n+]1ccccc1C(C)=O.[Cl-]. The van der Waals surface area contributed by atoms with Gasteiger partial charge in [0.1, 0.15) is 0 Å². The molecule has 0 aliphatic rings. The van der Waals surface area contributed by atoms with Crippen molar-refractivity contribution in [3.8, 4) is 0 Å². The average molecular weight is 212 g/mol. The zero-order valence-corrected chi connectivity index (χ0v) is 9.21. The van der Waals surface area contributed by atoms with E-state index in [1.54, 1.807) is 6.92 Å². The van der Waals surface area contributed by atoms with Gasteiger partial charge in [-0.15, -0.1) is 0 Å². The molecular formula is C11H14ClNO. The lowest BCUT2D eigenvalue weighted by Gasteiger charge is -1.99. The fraction of sp³-hybridized carbons (Fsp3) is 0.273. The zero-order chi connectivity index (χ0) is 9.84. The normalized spacial score (nSPS) is 9.00. The summed E-state index contributed by atoms with van der Waals surface area (Å²) in [5.74, 6) is 0.0850. The van der Waals surface area contributed by atoms with Crippen molar-refractivity contribution in [1.29, 1.82) is 0 Å². The van der Waals surface area contributed by atoms with E-state index in [0.717, 1.165) is 11.3 Å². The third kappa shape index (κ3) is 3.30. The van der Waals surface area contributed by atoms with Gasteiger partial charge in [0.2, 0.25) is 11.5 Å². The van der Waals surface area contributed by atoms with Crippen LogP contribution in [0.4, 0.5) is 0 Å². The number of carbonyl (C=O) groups excluding carboxylic acids is 1. The van der Waals surface area contributed by atoms with Crippen LogP contribution in [0.3, 0.4) is 0 Å². The van der Waals surface area contributed by atoms with Crippen molar-refractivity contribution in [3.05, 3.63) is 42.2 Å². The van der Waals surface area contributed by atoms with Crippen molar-refractivity contribution < 1.29 is 21.8 Å². The Balaban J connectivity index is 0.00000169. The van der Waals surface area contributed by atoms with Crippen molar-refractivity contribution in [2.45, 2.75) is 20.4 Å². The Hall–Kier alpha value is -1.15. The molecule has 76 valence electrons. The summed E-state index contributed by atoms with van der Waals surface area (Å²) in [5, 5.41) is 0. The van der Waals surface area contributed by atoms with E-state index in [0.29, 0.717) is 6.54 Å². The summed E-state index contributed by atoms with van der Waals surface area (Å²) in [4.78, 5) is 11.2. The predicted molar refractivity (Wildman–Crippen MR) is 51.5 cm³/mol. The van der Waals surface area contributed by atoms with E-state index in [2.05, 4.69) is 6.58 Å². The first-order valence-corrected chi connectivity index (χ1v) is 4.25. The molecule has 0 aliphatic heterocycles. The largest absolute Gasteiger partial charge is 1.00 e. The first-order chi connectivity index (χ1) is 6.11. The quantitative estimate of drug-likeness (QED) is 0.348. The summed E-state index contributed by atoms with van der Waals surface area (Å²) in [6.07, 6.45) is 1.89. The van der Waals surface area contributed by atoms with Crippen molar-refractivity contribution >= 4 is 5.78 Å². The van der Waals surface area contributed by atoms with Crippen molar-refractivity contribution in [2.24, 2.45) is 0 Å². The van der Waals surface area contributed by atoms with Gasteiger partial charge in [0.15, 0.2) is 12.7 Å². The van der Waals surface area contributed by atoms with Crippen molar-refractivity contribution in [3.63, 3.8) is 0 Å². The maximum atomic E-state index is 11.2. The van der Waals surface area contributed by atoms with Gasteiger partial charge in [-0.3, -0.25) is 4.79 Å². The Morgan fingerprint density at radius 2 is 2.07 bits per heavy atom. The number of Topliss-reactive ketones (excluding diaryl/α,β-unsaturated/α-hetero) is 1. The zero-order valence-electron chi connectivity index (χ0n) is 8.46. The van der Waals surface area contributed by atoms with Gasteiger partial charge in [0.05, 0.1) is 0 Å². The van der Waals surface area contributed by atoms with Crippen LogP contribution in [0.1, 0.15) is 24.3 Å². The van der Waals surface area contributed by atoms with Crippen LogP contribution in [0.15, 0.2) is 36.5 Å². The van der Waals surface area contributed by atoms with E-state index in [1.807, 2.05) is 35.9 Å². The molecule has 0 aromatic carbocycles. The van der Waals surface area contributed by atoms with Crippen molar-refractivity contribution in [2.75, 3.05) is 0 Å². The number of hydrogen-bond donors (Lipinski definition) is 0. The number of aromatic nitrogens is 1. The highest BCUT2D eigenvalue weighted by Crippen LogP contribution is 1.95. The monoisotopic (exact) mass is 211 g/mol. The van der Waals surface area contributed by atoms with Crippen LogP contribution < -0.4 is 17.0 Å². The van der Waals surface area contributed by atoms with Crippen LogP contribution in [0.25, 0.3) is 0 Å². The number of allylic oxidation sites excluding steroid dienone is 1. The number of pyridine rings is 1. The van der Waals surface area contributed by atoms with Gasteiger partial charge in [0.25, 0.3) is 0 Å². The van der Waals surface area contributed by atoms with Crippen LogP contribution in [0, 0.1) is 0 Å². The molecule has 0 radical (unpaired) electrons. The highest BCUT2D eigenvalue weighted by molar-refractivity contribution is 5.90. The standard InChI is InChI=1S/C11H14NO.ClH/c1-9(2)8-12-7-5-4-6-11(12)10(3)13;/h4-7H,1,8H2,2-3H3;1H/q+1;/p-1. The number of ketones is 1. The maximum Gasteiger partial charge on any atom is 0.248 e. The molecule has 0 atom stereocenters. The highest BCUT2D eigenvalue weighted by atomic mass is 35.5. The second kappa shape index (κ2) is 5.55. The first kappa shape index (κ1) is 12.8. The Bertz CT molecular complexity index is 347. The predicted octanol–water partition coefficient (Wildman–Crippen LogP) is -1.24. The van der Waals surface area contributed by atoms with Crippen LogP contribution >= 0.6 is 0 Å². The van der Waals surface area contributed by atoms with Gasteiger partial charge in [-0.1, -0.05) is 6.58 Å². The minimum Gasteiger partial charge on any atom is -1.00 e. The number of carbonyl (C=O) groups is 1. The van der Waals surface area contributed by atoms with Gasteiger partial charge >= 0.3 is 0 Å². The average Bonchev–Trinajstić information content (AvgIpc) is 2.03. The van der Waals surface area contributed by atoms with Gasteiger partial charge in [-0.25, -0.2) is 0 Å². The molecule has 0 bridgehead atoms. The third-order valence-corrected chi connectivity index (χ3v) is 1.74. The highest BCUT2D eigenvalue weighted by Gasteiger charge is 2.13. The molecule has 0 N–H and O–H groups in total. The minimum atomic E-state index is 0. The van der Waals surface area contributed by atoms with Crippen molar-refractivity contribution in [1.82, 2.24) is 0 Å². The molecule has 0 spiro atoms. The van der Waals surface area contributed by atoms with E-state index < -0.39 is 0 Å². The second-order valence-electron chi connectivity index (χ2n) is 3.23. The molecule has 3 heteroatoms. The molecule has 0 aliphatic carbocycles. The Morgan fingerprint density at radius 1 is 1.43 bits per heavy atom. The van der Waals surface area contributed by atoms with Gasteiger partial charge in [-0.05, 0) is 18.6 Å². The molecule has 0 amide bonds. The van der Waals surface area contributed by atoms with E-state index in [4.69, 9.17) is 0 Å². The Labute approximate surface area is 90.7 Å². The molecule has 0 saturated heterocycles. The molecule has 0 fully saturated rings. The lowest BCUT2D eigenvalue weighted by atomic mass is 10.2. The molecule has 0 saturated carbocycles. The number of halogens is 1. The molecule has 0 unspecified atom stereocenters. The lowest BCUT2D eigenvalue weighted by Crippen LogP contribution is -3.00. The van der Waals surface area contributed by atoms with Crippen LogP contribution in [0.5, 0.6) is 0 Å². The van der Waals surface area contributed by atoms with E-state index in [-0.39, 0.29) is 18.2 Å². The number of nitrogens with zero attached hydrogens (tertiary/aromatic N) is 1. The van der Waals surface area contributed by atoms with E-state index in [1.165, 1.54) is 0 Å². The van der Waals surface area contributed by atoms with Gasteiger partial charge in [0, 0.05) is 19.1 Å². The fourth-order valence-electron chi connectivity index (χ4n) is 1.22. The smallest absolute Gasteiger partial charge is 0.248 e. The van der Waals surface area contributed by atoms with Crippen LogP contribution in [0.2, 0.25) is 0 Å². The summed E-state index contributed by atoms with van der Waals surface area (Å²) in [6, 6.07) is 5.60. The molecule has 1 rings (SSSR count). The molecule has 2 nitrogen and oxygen atoms in total.